The summed E-state index contributed by atoms with van der Waals surface area (Å²) >= 11 is 0. The zero-order chi connectivity index (χ0) is 9.10. The molecule has 0 amide bonds. The molecule has 0 aliphatic rings. The van der Waals surface area contributed by atoms with Crippen molar-refractivity contribution in [2.24, 2.45) is 5.73 Å². The van der Waals surface area contributed by atoms with Gasteiger partial charge in [0.1, 0.15) is 0 Å². The molecule has 0 aliphatic carbocycles. The molecule has 0 radical (unpaired) electrons. The quantitative estimate of drug-likeness (QED) is 0.730. The molecule has 0 atom stereocenters. The number of aromatic nitrogens is 3. The van der Waals surface area contributed by atoms with E-state index >= 15 is 0 Å². The van der Waals surface area contributed by atoms with Gasteiger partial charge in [0.05, 0.1) is 5.69 Å². The van der Waals surface area contributed by atoms with Crippen LogP contribution in [-0.2, 0) is 6.54 Å². The molecule has 2 aromatic rings. The number of hydrogen-bond donors (Lipinski definition) is 1. The van der Waals surface area contributed by atoms with Gasteiger partial charge in [0.2, 0.25) is 0 Å². The molecule has 0 saturated heterocycles. The second-order valence-corrected chi connectivity index (χ2v) is 2.66. The Labute approximate surface area is 76.0 Å². The summed E-state index contributed by atoms with van der Waals surface area (Å²) in [5.41, 5.74) is 7.56. The van der Waals surface area contributed by atoms with E-state index in [0.717, 1.165) is 11.3 Å². The van der Waals surface area contributed by atoms with E-state index in [0.29, 0.717) is 6.54 Å². The zero-order valence-electron chi connectivity index (χ0n) is 7.09. The van der Waals surface area contributed by atoms with Crippen LogP contribution in [0.5, 0.6) is 0 Å². The van der Waals surface area contributed by atoms with Crippen LogP contribution in [0.15, 0.2) is 36.9 Å². The molecule has 2 rings (SSSR count). The number of pyridine rings is 1. The molecular weight excluding hydrogens is 164 g/mol. The summed E-state index contributed by atoms with van der Waals surface area (Å²) in [4.78, 5) is 4.00. The van der Waals surface area contributed by atoms with Crippen molar-refractivity contribution in [2.45, 2.75) is 6.54 Å². The Morgan fingerprint density at radius 1 is 1.38 bits per heavy atom. The largest absolute Gasteiger partial charge is 0.326 e. The minimum atomic E-state index is 0.475. The molecule has 2 heterocycles. The van der Waals surface area contributed by atoms with E-state index in [4.69, 9.17) is 5.73 Å². The van der Waals surface area contributed by atoms with Crippen molar-refractivity contribution in [3.63, 3.8) is 0 Å². The van der Waals surface area contributed by atoms with Crippen LogP contribution in [0, 0.1) is 0 Å². The lowest BCUT2D eigenvalue weighted by Crippen LogP contribution is -2.05. The van der Waals surface area contributed by atoms with E-state index in [-0.39, 0.29) is 0 Å². The van der Waals surface area contributed by atoms with Gasteiger partial charge in [-0.25, -0.2) is 4.68 Å². The topological polar surface area (TPSA) is 56.7 Å². The Bertz CT molecular complexity index is 380. The third-order valence-corrected chi connectivity index (χ3v) is 1.85. The van der Waals surface area contributed by atoms with Gasteiger partial charge in [-0.2, -0.15) is 5.10 Å². The Morgan fingerprint density at radius 3 is 3.00 bits per heavy atom. The first-order chi connectivity index (χ1) is 6.42. The molecule has 13 heavy (non-hydrogen) atoms. The summed E-state index contributed by atoms with van der Waals surface area (Å²) in [7, 11) is 0. The predicted octanol–water partition coefficient (Wildman–Crippen LogP) is 0.726. The molecule has 4 nitrogen and oxygen atoms in total. The van der Waals surface area contributed by atoms with Crippen LogP contribution in [0.2, 0.25) is 0 Å². The summed E-state index contributed by atoms with van der Waals surface area (Å²) in [5, 5.41) is 4.13. The van der Waals surface area contributed by atoms with Crippen molar-refractivity contribution in [1.29, 1.82) is 0 Å². The highest BCUT2D eigenvalue weighted by molar-refractivity contribution is 5.37. The molecular formula is C9H10N4. The minimum Gasteiger partial charge on any atom is -0.326 e. The molecule has 0 unspecified atom stereocenters. The fourth-order valence-electron chi connectivity index (χ4n) is 1.21. The van der Waals surface area contributed by atoms with E-state index in [2.05, 4.69) is 10.1 Å². The van der Waals surface area contributed by atoms with Crippen LogP contribution in [0.25, 0.3) is 5.69 Å². The van der Waals surface area contributed by atoms with Crippen LogP contribution in [0.1, 0.15) is 5.56 Å². The molecule has 2 aromatic heterocycles. The van der Waals surface area contributed by atoms with Gasteiger partial charge < -0.3 is 5.73 Å². The SMILES string of the molecule is NCc1cnccc1-n1cccn1. The first-order valence-electron chi connectivity index (χ1n) is 4.05. The van der Waals surface area contributed by atoms with E-state index in [9.17, 15) is 0 Å². The second kappa shape index (κ2) is 3.37. The number of nitrogens with two attached hydrogens (primary N) is 1. The Balaban J connectivity index is 2.51. The third-order valence-electron chi connectivity index (χ3n) is 1.85. The molecule has 0 aromatic carbocycles. The van der Waals surface area contributed by atoms with Crippen LogP contribution < -0.4 is 5.73 Å². The van der Waals surface area contributed by atoms with E-state index in [1.165, 1.54) is 0 Å². The maximum Gasteiger partial charge on any atom is 0.0721 e. The van der Waals surface area contributed by atoms with Gasteiger partial charge in [0, 0.05) is 36.9 Å². The van der Waals surface area contributed by atoms with E-state index in [1.54, 1.807) is 23.3 Å². The lowest BCUT2D eigenvalue weighted by Gasteiger charge is -2.05. The molecule has 0 bridgehead atoms. The molecule has 0 fully saturated rings. The number of hydrogen-bond acceptors (Lipinski definition) is 3. The predicted molar refractivity (Wildman–Crippen MR) is 49.3 cm³/mol. The van der Waals surface area contributed by atoms with Crippen molar-refractivity contribution in [3.8, 4) is 5.69 Å². The highest BCUT2D eigenvalue weighted by Crippen LogP contribution is 2.10. The first-order valence-corrected chi connectivity index (χ1v) is 4.05. The van der Waals surface area contributed by atoms with E-state index in [1.807, 2.05) is 18.3 Å². The van der Waals surface area contributed by atoms with Gasteiger partial charge in [0.25, 0.3) is 0 Å². The highest BCUT2D eigenvalue weighted by Gasteiger charge is 2.01. The Kier molecular flexibility index (Phi) is 2.06. The average Bonchev–Trinajstić information content (AvgIpc) is 2.70. The Hall–Kier alpha value is -1.68. The number of rotatable bonds is 2. The highest BCUT2D eigenvalue weighted by atomic mass is 15.3. The molecule has 0 saturated carbocycles. The summed E-state index contributed by atoms with van der Waals surface area (Å²) < 4.78 is 1.78. The van der Waals surface area contributed by atoms with Crippen molar-refractivity contribution in [1.82, 2.24) is 14.8 Å². The fraction of sp³-hybridized carbons (Fsp3) is 0.111. The molecule has 0 aliphatic heterocycles. The minimum absolute atomic E-state index is 0.475. The average molecular weight is 174 g/mol. The smallest absolute Gasteiger partial charge is 0.0721 e. The maximum atomic E-state index is 5.58. The second-order valence-electron chi connectivity index (χ2n) is 2.66. The maximum absolute atomic E-state index is 5.58. The molecule has 0 spiro atoms. The summed E-state index contributed by atoms with van der Waals surface area (Å²) in [5.74, 6) is 0. The zero-order valence-corrected chi connectivity index (χ0v) is 7.09. The summed E-state index contributed by atoms with van der Waals surface area (Å²) in [6.45, 7) is 0.475. The van der Waals surface area contributed by atoms with Crippen molar-refractivity contribution < 1.29 is 0 Å². The van der Waals surface area contributed by atoms with Gasteiger partial charge in [-0.15, -0.1) is 0 Å². The van der Waals surface area contributed by atoms with Gasteiger partial charge in [-0.3, -0.25) is 4.98 Å². The first kappa shape index (κ1) is 7.94. The molecule has 4 heteroatoms. The fourth-order valence-corrected chi connectivity index (χ4v) is 1.21. The van der Waals surface area contributed by atoms with Crippen molar-refractivity contribution >= 4 is 0 Å². The lowest BCUT2D eigenvalue weighted by atomic mass is 10.2. The number of nitrogens with zero attached hydrogens (tertiary/aromatic N) is 3. The van der Waals surface area contributed by atoms with Crippen LogP contribution in [-0.4, -0.2) is 14.8 Å². The monoisotopic (exact) mass is 174 g/mol. The standard InChI is InChI=1S/C9H10N4/c10-6-8-7-11-4-2-9(8)13-5-1-3-12-13/h1-5,7H,6,10H2. The molecule has 2 N–H and O–H groups in total. The van der Waals surface area contributed by atoms with Crippen LogP contribution in [0.4, 0.5) is 0 Å². The van der Waals surface area contributed by atoms with Crippen molar-refractivity contribution in [3.05, 3.63) is 42.5 Å². The van der Waals surface area contributed by atoms with Gasteiger partial charge in [0.15, 0.2) is 0 Å². The lowest BCUT2D eigenvalue weighted by molar-refractivity contribution is 0.853. The molecule has 66 valence electrons. The van der Waals surface area contributed by atoms with Crippen LogP contribution in [0.3, 0.4) is 0 Å². The van der Waals surface area contributed by atoms with Gasteiger partial charge in [-0.1, -0.05) is 0 Å². The van der Waals surface area contributed by atoms with Gasteiger partial charge in [-0.05, 0) is 12.1 Å². The Morgan fingerprint density at radius 2 is 2.31 bits per heavy atom. The van der Waals surface area contributed by atoms with E-state index < -0.39 is 0 Å². The summed E-state index contributed by atoms with van der Waals surface area (Å²) in [6.07, 6.45) is 7.11. The van der Waals surface area contributed by atoms with Crippen molar-refractivity contribution in [2.75, 3.05) is 0 Å². The summed E-state index contributed by atoms with van der Waals surface area (Å²) in [6, 6.07) is 3.77. The third kappa shape index (κ3) is 1.43. The normalized spacial score (nSPS) is 10.2. The van der Waals surface area contributed by atoms with Crippen LogP contribution >= 0.6 is 0 Å². The van der Waals surface area contributed by atoms with Gasteiger partial charge >= 0.3 is 0 Å².